The SMILES string of the molecule is Nc1nc(C(=O)C(=O)N[C@@H]2C(=O)N(S(=O)(=O)O)[C@@H]2CN2CCOC2=O)cs1. The third kappa shape index (κ3) is 3.56. The Kier molecular flexibility index (Phi) is 4.75. The molecule has 4 N–H and O–H groups in total. The molecular weight excluding hydrogens is 406 g/mol. The Balaban J connectivity index is 1.75. The number of β-lactam (4-membered cyclic amide) rings is 1. The van der Waals surface area contributed by atoms with Crippen LogP contribution in [0.4, 0.5) is 9.93 Å². The highest BCUT2D eigenvalue weighted by atomic mass is 32.2. The standard InChI is InChI=1S/C12H13N5O8S2/c13-11-14-5(4-26-11)8(18)9(19)15-7-6(3-16-1-2-25-12(16)21)17(10(7)20)27(22,23)24/h4,6-7H,1-3H2,(H2,13,14)(H,15,19)(H,22,23,24)/t6-,7+/m1/s1. The van der Waals surface area contributed by atoms with E-state index in [2.05, 4.69) is 10.3 Å². The quantitative estimate of drug-likeness (QED) is 0.198. The van der Waals surface area contributed by atoms with E-state index in [-0.39, 0.29) is 34.8 Å². The topological polar surface area (TPSA) is 189 Å². The summed E-state index contributed by atoms with van der Waals surface area (Å²) in [5, 5.41) is 3.42. The van der Waals surface area contributed by atoms with Gasteiger partial charge in [-0.1, -0.05) is 0 Å². The molecule has 3 heterocycles. The minimum absolute atomic E-state index is 0.0637. The van der Waals surface area contributed by atoms with Gasteiger partial charge in [0.15, 0.2) is 5.13 Å². The summed E-state index contributed by atoms with van der Waals surface area (Å²) in [4.78, 5) is 52.5. The molecule has 0 bridgehead atoms. The van der Waals surface area contributed by atoms with Crippen LogP contribution in [0.1, 0.15) is 10.5 Å². The van der Waals surface area contributed by atoms with Crippen molar-refractivity contribution in [3.8, 4) is 0 Å². The van der Waals surface area contributed by atoms with Crippen LogP contribution in [0, 0.1) is 0 Å². The first-order valence-electron chi connectivity index (χ1n) is 7.38. The lowest BCUT2D eigenvalue weighted by molar-refractivity contribution is -0.145. The molecule has 1 aromatic heterocycles. The number of ketones is 1. The maximum Gasteiger partial charge on any atom is 0.410 e. The molecule has 2 atom stereocenters. The summed E-state index contributed by atoms with van der Waals surface area (Å²) in [6.45, 7) is -0.111. The number of nitrogens with two attached hydrogens (primary N) is 1. The van der Waals surface area contributed by atoms with Crippen LogP contribution in [0.3, 0.4) is 0 Å². The predicted molar refractivity (Wildman–Crippen MR) is 87.9 cm³/mol. The van der Waals surface area contributed by atoms with Gasteiger partial charge in [0.2, 0.25) is 0 Å². The van der Waals surface area contributed by atoms with E-state index in [1.54, 1.807) is 0 Å². The predicted octanol–water partition coefficient (Wildman–Crippen LogP) is -2.14. The molecule has 2 aliphatic rings. The number of hydrogen-bond acceptors (Lipinski definition) is 10. The van der Waals surface area contributed by atoms with Crippen molar-refractivity contribution in [2.75, 3.05) is 25.4 Å². The van der Waals surface area contributed by atoms with Crippen LogP contribution in [0.2, 0.25) is 0 Å². The van der Waals surface area contributed by atoms with Gasteiger partial charge in [0.05, 0.1) is 12.6 Å². The van der Waals surface area contributed by atoms with Gasteiger partial charge >= 0.3 is 16.4 Å². The molecule has 146 valence electrons. The molecule has 15 heteroatoms. The number of hydrogen-bond donors (Lipinski definition) is 3. The van der Waals surface area contributed by atoms with Crippen LogP contribution in [0.25, 0.3) is 0 Å². The van der Waals surface area contributed by atoms with Gasteiger partial charge in [0, 0.05) is 11.9 Å². The van der Waals surface area contributed by atoms with E-state index in [0.29, 0.717) is 0 Å². The lowest BCUT2D eigenvalue weighted by atomic mass is 9.97. The van der Waals surface area contributed by atoms with Crippen molar-refractivity contribution in [3.05, 3.63) is 11.1 Å². The first-order valence-corrected chi connectivity index (χ1v) is 9.66. The Morgan fingerprint density at radius 1 is 1.44 bits per heavy atom. The minimum atomic E-state index is -4.92. The highest BCUT2D eigenvalue weighted by Crippen LogP contribution is 2.25. The zero-order valence-corrected chi connectivity index (χ0v) is 15.0. The number of carbonyl (C=O) groups is 4. The van der Waals surface area contributed by atoms with Crippen molar-refractivity contribution in [2.24, 2.45) is 0 Å². The monoisotopic (exact) mass is 419 g/mol. The smallest absolute Gasteiger partial charge is 0.410 e. The Bertz CT molecular complexity index is 928. The summed E-state index contributed by atoms with van der Waals surface area (Å²) >= 11 is 0.935. The molecule has 27 heavy (non-hydrogen) atoms. The highest BCUT2D eigenvalue weighted by Gasteiger charge is 2.55. The van der Waals surface area contributed by atoms with Crippen LogP contribution < -0.4 is 11.1 Å². The van der Waals surface area contributed by atoms with E-state index < -0.39 is 46.1 Å². The number of ether oxygens (including phenoxy) is 1. The molecule has 2 fully saturated rings. The maximum atomic E-state index is 12.1. The van der Waals surface area contributed by atoms with Gasteiger partial charge in [0.1, 0.15) is 18.3 Å². The van der Waals surface area contributed by atoms with Crippen molar-refractivity contribution >= 4 is 50.5 Å². The number of amides is 3. The first kappa shape index (κ1) is 19.0. The van der Waals surface area contributed by atoms with E-state index in [0.717, 1.165) is 16.2 Å². The van der Waals surface area contributed by atoms with Gasteiger partial charge in [-0.3, -0.25) is 18.9 Å². The fourth-order valence-corrected chi connectivity index (χ4v) is 4.09. The normalized spacial score (nSPS) is 22.4. The molecule has 0 aromatic carbocycles. The molecular formula is C12H13N5O8S2. The Morgan fingerprint density at radius 3 is 2.67 bits per heavy atom. The van der Waals surface area contributed by atoms with E-state index >= 15 is 0 Å². The third-order valence-corrected chi connectivity index (χ3v) is 5.54. The van der Waals surface area contributed by atoms with Crippen LogP contribution in [0.15, 0.2) is 5.38 Å². The Labute approximate surface area is 155 Å². The van der Waals surface area contributed by atoms with Gasteiger partial charge in [0.25, 0.3) is 17.6 Å². The molecule has 3 rings (SSSR count). The summed E-state index contributed by atoms with van der Waals surface area (Å²) in [5.74, 6) is -3.42. The lowest BCUT2D eigenvalue weighted by Gasteiger charge is -2.45. The van der Waals surface area contributed by atoms with E-state index in [1.807, 2.05) is 0 Å². The van der Waals surface area contributed by atoms with Crippen molar-refractivity contribution in [1.29, 1.82) is 0 Å². The lowest BCUT2D eigenvalue weighted by Crippen LogP contribution is -2.74. The average molecular weight is 419 g/mol. The molecule has 0 aliphatic carbocycles. The number of rotatable bonds is 6. The van der Waals surface area contributed by atoms with Crippen LogP contribution >= 0.6 is 11.3 Å². The second-order valence-corrected chi connectivity index (χ2v) is 7.77. The van der Waals surface area contributed by atoms with Gasteiger partial charge in [-0.15, -0.1) is 11.3 Å². The molecule has 13 nitrogen and oxygen atoms in total. The van der Waals surface area contributed by atoms with E-state index in [9.17, 15) is 32.1 Å². The van der Waals surface area contributed by atoms with Gasteiger partial charge in [-0.05, 0) is 0 Å². The molecule has 0 saturated carbocycles. The zero-order valence-electron chi connectivity index (χ0n) is 13.4. The summed E-state index contributed by atoms with van der Waals surface area (Å²) < 4.78 is 36.8. The van der Waals surface area contributed by atoms with Crippen molar-refractivity contribution < 1.29 is 36.9 Å². The number of nitrogen functional groups attached to an aromatic ring is 1. The molecule has 0 unspecified atom stereocenters. The number of anilines is 1. The average Bonchev–Trinajstić information content (AvgIpc) is 3.18. The molecule has 1 aromatic rings. The number of thiazole rings is 1. The minimum Gasteiger partial charge on any atom is -0.448 e. The zero-order chi connectivity index (χ0) is 19.9. The second-order valence-electron chi connectivity index (χ2n) is 5.59. The second kappa shape index (κ2) is 6.75. The largest absolute Gasteiger partial charge is 0.448 e. The maximum absolute atomic E-state index is 12.1. The van der Waals surface area contributed by atoms with Crippen LogP contribution in [-0.4, -0.2) is 82.6 Å². The van der Waals surface area contributed by atoms with Crippen molar-refractivity contribution in [1.82, 2.24) is 19.5 Å². The number of cyclic esters (lactones) is 1. The molecule has 0 spiro atoms. The van der Waals surface area contributed by atoms with Crippen molar-refractivity contribution in [2.45, 2.75) is 12.1 Å². The molecule has 2 aliphatic heterocycles. The molecule has 2 saturated heterocycles. The van der Waals surface area contributed by atoms with Gasteiger partial charge in [-0.25, -0.2) is 14.1 Å². The fourth-order valence-electron chi connectivity index (χ4n) is 2.67. The fraction of sp³-hybridized carbons (Fsp3) is 0.417. The molecule has 0 radical (unpaired) electrons. The van der Waals surface area contributed by atoms with E-state index in [4.69, 9.17) is 10.5 Å². The number of nitrogens with one attached hydrogen (secondary N) is 1. The summed E-state index contributed by atoms with van der Waals surface area (Å²) in [6, 6.07) is -2.73. The van der Waals surface area contributed by atoms with Gasteiger partial charge < -0.3 is 20.7 Å². The Morgan fingerprint density at radius 2 is 2.15 bits per heavy atom. The third-order valence-electron chi connectivity index (χ3n) is 3.92. The number of carbonyl (C=O) groups excluding carboxylic acids is 4. The van der Waals surface area contributed by atoms with E-state index in [1.165, 1.54) is 5.38 Å². The number of aromatic nitrogens is 1. The molecule has 3 amide bonds. The van der Waals surface area contributed by atoms with Crippen LogP contribution in [-0.2, 0) is 24.6 Å². The summed E-state index contributed by atoms with van der Waals surface area (Å²) in [6.07, 6.45) is -0.733. The summed E-state index contributed by atoms with van der Waals surface area (Å²) in [5.41, 5.74) is 5.16. The Hall–Kier alpha value is -2.78. The number of Topliss-reactive ketones (excluding diaryl/α,β-unsaturated/α-hetero) is 1. The van der Waals surface area contributed by atoms with Crippen LogP contribution in [0.5, 0.6) is 0 Å². The number of nitrogens with zero attached hydrogens (tertiary/aromatic N) is 3. The van der Waals surface area contributed by atoms with Crippen molar-refractivity contribution in [3.63, 3.8) is 0 Å². The summed E-state index contributed by atoms with van der Waals surface area (Å²) in [7, 11) is -4.92. The highest BCUT2D eigenvalue weighted by molar-refractivity contribution is 7.84. The first-order chi connectivity index (χ1) is 12.6. The van der Waals surface area contributed by atoms with Gasteiger partial charge in [-0.2, -0.15) is 8.42 Å².